The molecule has 1 unspecified atom stereocenters. The predicted molar refractivity (Wildman–Crippen MR) is 137 cm³/mol. The molecule has 2 aliphatic rings. The molecule has 1 aromatic carbocycles. The third kappa shape index (κ3) is 6.02. The van der Waals surface area contributed by atoms with Crippen LogP contribution in [0.15, 0.2) is 39.5 Å². The van der Waals surface area contributed by atoms with Gasteiger partial charge in [0.15, 0.2) is 5.13 Å². The Morgan fingerprint density at radius 1 is 1.26 bits per heavy atom. The molecule has 9 nitrogen and oxygen atoms in total. The number of hydrogen-bond donors (Lipinski definition) is 3. The maximum Gasteiger partial charge on any atom is 0.238 e. The van der Waals surface area contributed by atoms with Gasteiger partial charge in [0, 0.05) is 48.8 Å². The Labute approximate surface area is 205 Å². The van der Waals surface area contributed by atoms with E-state index in [-0.39, 0.29) is 17.2 Å². The minimum atomic E-state index is -3.84. The molecule has 1 saturated heterocycles. The summed E-state index contributed by atoms with van der Waals surface area (Å²) in [5.41, 5.74) is 2.30. The molecule has 2 aliphatic heterocycles. The number of aliphatic imine (C=N–C) groups is 1. The van der Waals surface area contributed by atoms with Gasteiger partial charge in [-0.3, -0.25) is 9.89 Å². The number of anilines is 2. The molecule has 0 bridgehead atoms. The zero-order valence-electron chi connectivity index (χ0n) is 19.9. The summed E-state index contributed by atoms with van der Waals surface area (Å²) < 4.78 is 29.5. The number of dihydropyridines is 1. The molecular weight excluding hydrogens is 472 g/mol. The summed E-state index contributed by atoms with van der Waals surface area (Å²) in [6.07, 6.45) is 5.01. The van der Waals surface area contributed by atoms with Crippen LogP contribution < -0.4 is 20.5 Å². The highest BCUT2D eigenvalue weighted by Crippen LogP contribution is 2.33. The van der Waals surface area contributed by atoms with Crippen molar-refractivity contribution in [2.75, 3.05) is 18.4 Å². The minimum absolute atomic E-state index is 0.00704. The van der Waals surface area contributed by atoms with Gasteiger partial charge in [0.1, 0.15) is 11.9 Å². The highest BCUT2D eigenvalue weighted by molar-refractivity contribution is 7.89. The van der Waals surface area contributed by atoms with Crippen molar-refractivity contribution in [1.29, 1.82) is 0 Å². The summed E-state index contributed by atoms with van der Waals surface area (Å²) in [5.74, 6) is 0.528. The highest BCUT2D eigenvalue weighted by atomic mass is 32.2. The number of nitrogens with zero attached hydrogens (tertiary/aromatic N) is 3. The van der Waals surface area contributed by atoms with Gasteiger partial charge in [0.25, 0.3) is 0 Å². The predicted octanol–water partition coefficient (Wildman–Crippen LogP) is 3.19. The number of piperazine rings is 1. The lowest BCUT2D eigenvalue weighted by Gasteiger charge is -2.39. The Hall–Kier alpha value is -2.31. The first kappa shape index (κ1) is 24.8. The number of thiazole rings is 1. The van der Waals surface area contributed by atoms with E-state index in [1.54, 1.807) is 6.07 Å². The van der Waals surface area contributed by atoms with Gasteiger partial charge in [-0.05, 0) is 45.9 Å². The monoisotopic (exact) mass is 504 g/mol. The molecule has 0 radical (unpaired) electrons. The molecule has 0 saturated carbocycles. The molecule has 0 amide bonds. The standard InChI is InChI=1S/C23H32N6O3S2/c1-14(2)32-21-7-6-18(34(24,30)31)9-19(21)27-23-28-20(13-33-23)17-5-8-22(25-10-17)29-11-15(3)26-16(4)12-29/h5-7,9-10,13-16,22,26H,8,11-12H2,1-4H3,(H,27,28)(H2,24,30,31)/t15-,16+,22?. The van der Waals surface area contributed by atoms with Crippen molar-refractivity contribution >= 4 is 44.0 Å². The topological polar surface area (TPSA) is 122 Å². The van der Waals surface area contributed by atoms with Gasteiger partial charge in [-0.25, -0.2) is 18.5 Å². The summed E-state index contributed by atoms with van der Waals surface area (Å²) in [7, 11) is -3.84. The summed E-state index contributed by atoms with van der Waals surface area (Å²) in [4.78, 5) is 11.9. The van der Waals surface area contributed by atoms with Gasteiger partial charge in [0.05, 0.1) is 22.4 Å². The lowest BCUT2D eigenvalue weighted by molar-refractivity contribution is 0.127. The second kappa shape index (κ2) is 10.1. The second-order valence-corrected chi connectivity index (χ2v) is 11.5. The van der Waals surface area contributed by atoms with Crippen LogP contribution in [0.2, 0.25) is 0 Å². The third-order valence-electron chi connectivity index (χ3n) is 5.63. The first-order chi connectivity index (χ1) is 16.1. The van der Waals surface area contributed by atoms with E-state index in [1.807, 2.05) is 25.4 Å². The van der Waals surface area contributed by atoms with E-state index < -0.39 is 10.0 Å². The van der Waals surface area contributed by atoms with Crippen molar-refractivity contribution in [3.05, 3.63) is 35.3 Å². The summed E-state index contributed by atoms with van der Waals surface area (Å²) in [6, 6.07) is 5.41. The molecule has 1 fully saturated rings. The van der Waals surface area contributed by atoms with Gasteiger partial charge in [-0.2, -0.15) is 0 Å². The van der Waals surface area contributed by atoms with Crippen LogP contribution in [0.25, 0.3) is 5.57 Å². The number of nitrogens with two attached hydrogens (primary N) is 1. The normalized spacial score (nSPS) is 23.7. The van der Waals surface area contributed by atoms with Crippen molar-refractivity contribution in [3.63, 3.8) is 0 Å². The smallest absolute Gasteiger partial charge is 0.238 e. The highest BCUT2D eigenvalue weighted by Gasteiger charge is 2.27. The zero-order chi connectivity index (χ0) is 24.5. The fraction of sp³-hybridized carbons (Fsp3) is 0.478. The van der Waals surface area contributed by atoms with Crippen molar-refractivity contribution in [2.45, 2.75) is 63.4 Å². The molecule has 11 heteroatoms. The van der Waals surface area contributed by atoms with E-state index >= 15 is 0 Å². The van der Waals surface area contributed by atoms with Crippen LogP contribution >= 0.6 is 11.3 Å². The summed E-state index contributed by atoms with van der Waals surface area (Å²) in [5, 5.41) is 14.6. The maximum absolute atomic E-state index is 11.8. The van der Waals surface area contributed by atoms with Crippen LogP contribution in [0, 0.1) is 0 Å². The van der Waals surface area contributed by atoms with E-state index in [1.165, 1.54) is 23.5 Å². The first-order valence-corrected chi connectivity index (χ1v) is 13.8. The van der Waals surface area contributed by atoms with Crippen molar-refractivity contribution in [3.8, 4) is 5.75 Å². The Bertz CT molecular complexity index is 1180. The molecule has 2 aromatic rings. The van der Waals surface area contributed by atoms with Crippen molar-refractivity contribution < 1.29 is 13.2 Å². The van der Waals surface area contributed by atoms with Gasteiger partial charge < -0.3 is 15.4 Å². The largest absolute Gasteiger partial charge is 0.489 e. The fourth-order valence-corrected chi connectivity index (χ4v) is 5.53. The Kier molecular flexibility index (Phi) is 7.39. The van der Waals surface area contributed by atoms with Crippen molar-refractivity contribution in [2.24, 2.45) is 10.1 Å². The van der Waals surface area contributed by atoms with Crippen LogP contribution in [-0.4, -0.2) is 62.0 Å². The molecular formula is C23H32N6O3S2. The van der Waals surface area contributed by atoms with Gasteiger partial charge in [-0.15, -0.1) is 11.3 Å². The second-order valence-electron chi connectivity index (χ2n) is 9.11. The van der Waals surface area contributed by atoms with Gasteiger partial charge in [-0.1, -0.05) is 6.08 Å². The molecule has 0 aliphatic carbocycles. The number of hydrogen-bond acceptors (Lipinski definition) is 9. The quantitative estimate of drug-likeness (QED) is 0.529. The number of nitrogens with one attached hydrogen (secondary N) is 2. The maximum atomic E-state index is 11.8. The van der Waals surface area contributed by atoms with E-state index in [0.717, 1.165) is 30.8 Å². The molecule has 4 rings (SSSR count). The molecule has 3 heterocycles. The van der Waals surface area contributed by atoms with Gasteiger partial charge in [0.2, 0.25) is 10.0 Å². The van der Waals surface area contributed by atoms with Crippen LogP contribution in [0.5, 0.6) is 5.75 Å². The SMILES string of the molecule is CC(C)Oc1ccc(S(N)(=O)=O)cc1Nc1nc(C2=CCC(N3C[C@@H](C)N[C@@H](C)C3)N=C2)cs1. The van der Waals surface area contributed by atoms with Crippen LogP contribution in [-0.2, 0) is 10.0 Å². The number of aromatic nitrogens is 1. The lowest BCUT2D eigenvalue weighted by atomic mass is 10.1. The molecule has 184 valence electrons. The molecule has 1 aromatic heterocycles. The average Bonchev–Trinajstić information content (AvgIpc) is 3.22. The number of benzene rings is 1. The molecule has 4 N–H and O–H groups in total. The number of primary sulfonamides is 1. The van der Waals surface area contributed by atoms with E-state index in [4.69, 9.17) is 19.9 Å². The zero-order valence-corrected chi connectivity index (χ0v) is 21.5. The Balaban J connectivity index is 1.48. The van der Waals surface area contributed by atoms with E-state index in [0.29, 0.717) is 28.7 Å². The van der Waals surface area contributed by atoms with E-state index in [2.05, 4.69) is 35.5 Å². The van der Waals surface area contributed by atoms with Crippen LogP contribution in [0.4, 0.5) is 10.8 Å². The first-order valence-electron chi connectivity index (χ1n) is 11.4. The van der Waals surface area contributed by atoms with Crippen LogP contribution in [0.3, 0.4) is 0 Å². The number of sulfonamides is 1. The third-order valence-corrected chi connectivity index (χ3v) is 7.29. The summed E-state index contributed by atoms with van der Waals surface area (Å²) in [6.45, 7) is 10.2. The van der Waals surface area contributed by atoms with Crippen molar-refractivity contribution in [1.82, 2.24) is 15.2 Å². The number of rotatable bonds is 7. The minimum Gasteiger partial charge on any atom is -0.489 e. The number of ether oxygens (including phenoxy) is 1. The summed E-state index contributed by atoms with van der Waals surface area (Å²) >= 11 is 1.43. The lowest BCUT2D eigenvalue weighted by Crippen LogP contribution is -2.56. The molecule has 34 heavy (non-hydrogen) atoms. The average molecular weight is 505 g/mol. The van der Waals surface area contributed by atoms with Crippen LogP contribution in [0.1, 0.15) is 39.8 Å². The van der Waals surface area contributed by atoms with Gasteiger partial charge >= 0.3 is 0 Å². The number of allylic oxidation sites excluding steroid dienone is 1. The fourth-order valence-electron chi connectivity index (χ4n) is 4.26. The Morgan fingerprint density at radius 3 is 2.62 bits per heavy atom. The Morgan fingerprint density at radius 2 is 2.00 bits per heavy atom. The van der Waals surface area contributed by atoms with E-state index in [9.17, 15) is 8.42 Å². The molecule has 3 atom stereocenters. The molecule has 0 spiro atoms.